The average molecular weight is 277 g/mol. The van der Waals surface area contributed by atoms with Gasteiger partial charge >= 0.3 is 0 Å². The maximum Gasteiger partial charge on any atom is 0.257 e. The number of ether oxygens (including phenoxy) is 2. The average Bonchev–Trinajstić information content (AvgIpc) is 2.87. The van der Waals surface area contributed by atoms with Crippen LogP contribution in [0.25, 0.3) is 0 Å². The van der Waals surface area contributed by atoms with Crippen LogP contribution in [0.1, 0.15) is 12.8 Å². The first-order valence-corrected chi connectivity index (χ1v) is 7.21. The van der Waals surface area contributed by atoms with Crippen molar-refractivity contribution < 1.29 is 17.9 Å². The molecule has 1 heterocycles. The number of sulfonamides is 1. The predicted octanol–water partition coefficient (Wildman–Crippen LogP) is 0.131. The lowest BCUT2D eigenvalue weighted by Crippen LogP contribution is -2.25. The number of hydrogen-bond acceptors (Lipinski definition) is 5. The zero-order valence-electron chi connectivity index (χ0n) is 10.4. The minimum absolute atomic E-state index is 0.0823. The third kappa shape index (κ3) is 5.58. The van der Waals surface area contributed by atoms with Gasteiger partial charge in [-0.1, -0.05) is 0 Å². The van der Waals surface area contributed by atoms with Crippen LogP contribution >= 0.6 is 0 Å². The Hall–Kier alpha value is -0.960. The minimum atomic E-state index is -3.45. The van der Waals surface area contributed by atoms with E-state index in [1.807, 2.05) is 0 Å². The van der Waals surface area contributed by atoms with E-state index in [2.05, 4.69) is 14.9 Å². The number of rotatable bonds is 10. The smallest absolute Gasteiger partial charge is 0.257 e. The molecule has 0 aromatic carbocycles. The van der Waals surface area contributed by atoms with Crippen molar-refractivity contribution >= 4 is 10.0 Å². The van der Waals surface area contributed by atoms with E-state index in [0.717, 1.165) is 12.8 Å². The maximum absolute atomic E-state index is 11.6. The Balaban J connectivity index is 2.08. The summed E-state index contributed by atoms with van der Waals surface area (Å²) in [6, 6.07) is 1.41. The van der Waals surface area contributed by atoms with Gasteiger partial charge in [-0.25, -0.2) is 13.1 Å². The molecule has 0 atom stereocenters. The topological polar surface area (TPSA) is 93.3 Å². The zero-order valence-corrected chi connectivity index (χ0v) is 11.2. The second kappa shape index (κ2) is 8.20. The molecular formula is C10H19N3O4S. The van der Waals surface area contributed by atoms with Crippen molar-refractivity contribution in [3.63, 3.8) is 0 Å². The minimum Gasteiger partial charge on any atom is -0.382 e. The lowest BCUT2D eigenvalue weighted by molar-refractivity contribution is 0.0689. The summed E-state index contributed by atoms with van der Waals surface area (Å²) in [5, 5.41) is 6.09. The molecule has 0 aliphatic rings. The Morgan fingerprint density at radius 2 is 2.17 bits per heavy atom. The molecule has 0 saturated carbocycles. The molecule has 7 nitrogen and oxygen atoms in total. The van der Waals surface area contributed by atoms with Crippen LogP contribution in [0.4, 0.5) is 0 Å². The summed E-state index contributed by atoms with van der Waals surface area (Å²) in [5.74, 6) is 0. The summed E-state index contributed by atoms with van der Waals surface area (Å²) in [4.78, 5) is 0. The van der Waals surface area contributed by atoms with Crippen LogP contribution in [0.2, 0.25) is 0 Å². The van der Waals surface area contributed by atoms with E-state index in [4.69, 9.17) is 9.47 Å². The lowest BCUT2D eigenvalue weighted by Gasteiger charge is -2.05. The van der Waals surface area contributed by atoms with Crippen LogP contribution in [0, 0.1) is 0 Å². The molecule has 0 fully saturated rings. The molecule has 0 aliphatic heterocycles. The molecule has 18 heavy (non-hydrogen) atoms. The first-order valence-electron chi connectivity index (χ1n) is 5.72. The Morgan fingerprint density at radius 1 is 1.33 bits per heavy atom. The second-order valence-corrected chi connectivity index (χ2v) is 5.37. The molecule has 104 valence electrons. The highest BCUT2D eigenvalue weighted by Gasteiger charge is 2.13. The number of aromatic amines is 1. The number of aromatic nitrogens is 2. The quantitative estimate of drug-likeness (QED) is 0.593. The van der Waals surface area contributed by atoms with Crippen LogP contribution in [0.5, 0.6) is 0 Å². The summed E-state index contributed by atoms with van der Waals surface area (Å²) >= 11 is 0. The number of H-pyrrole nitrogens is 1. The predicted molar refractivity (Wildman–Crippen MR) is 65.7 cm³/mol. The molecule has 2 N–H and O–H groups in total. The van der Waals surface area contributed by atoms with Gasteiger partial charge in [0.2, 0.25) is 0 Å². The lowest BCUT2D eigenvalue weighted by atomic mass is 10.3. The fourth-order valence-corrected chi connectivity index (χ4v) is 2.23. The number of methoxy groups -OCH3 is 1. The summed E-state index contributed by atoms with van der Waals surface area (Å²) in [5.41, 5.74) is 0. The number of unbranched alkanes of at least 4 members (excludes halogenated alkanes) is 1. The van der Waals surface area contributed by atoms with Gasteiger partial charge in [0.25, 0.3) is 10.0 Å². The zero-order chi connectivity index (χ0) is 13.3. The van der Waals surface area contributed by atoms with Crippen molar-refractivity contribution in [3.05, 3.63) is 12.3 Å². The van der Waals surface area contributed by atoms with E-state index >= 15 is 0 Å². The highest BCUT2D eigenvalue weighted by molar-refractivity contribution is 7.89. The normalized spacial score (nSPS) is 11.8. The Labute approximate surface area is 107 Å². The maximum atomic E-state index is 11.6. The SMILES string of the molecule is COCCOCCCCNS(=O)(=O)c1ccn[nH]1. The Kier molecular flexibility index (Phi) is 6.88. The fourth-order valence-electron chi connectivity index (χ4n) is 1.25. The molecule has 8 heteroatoms. The number of hydrogen-bond donors (Lipinski definition) is 2. The van der Waals surface area contributed by atoms with Crippen molar-refractivity contribution in [1.29, 1.82) is 0 Å². The van der Waals surface area contributed by atoms with Crippen molar-refractivity contribution in [2.75, 3.05) is 33.5 Å². The summed E-state index contributed by atoms with van der Waals surface area (Å²) in [6.45, 7) is 2.13. The molecule has 1 aromatic heterocycles. The van der Waals surface area contributed by atoms with Gasteiger partial charge in [0.05, 0.1) is 19.4 Å². The molecule has 0 bridgehead atoms. The first-order chi connectivity index (χ1) is 8.67. The van der Waals surface area contributed by atoms with Gasteiger partial charge in [0.15, 0.2) is 5.03 Å². The van der Waals surface area contributed by atoms with E-state index in [1.54, 1.807) is 7.11 Å². The van der Waals surface area contributed by atoms with Crippen molar-refractivity contribution in [2.24, 2.45) is 0 Å². The largest absolute Gasteiger partial charge is 0.382 e. The van der Waals surface area contributed by atoms with Gasteiger partial charge in [-0.15, -0.1) is 0 Å². The molecular weight excluding hydrogens is 258 g/mol. The Morgan fingerprint density at radius 3 is 2.83 bits per heavy atom. The third-order valence-corrected chi connectivity index (χ3v) is 3.59. The summed E-state index contributed by atoms with van der Waals surface area (Å²) in [7, 11) is -1.83. The molecule has 0 spiro atoms. The van der Waals surface area contributed by atoms with Crippen molar-refractivity contribution in [1.82, 2.24) is 14.9 Å². The van der Waals surface area contributed by atoms with Crippen molar-refractivity contribution in [2.45, 2.75) is 17.9 Å². The van der Waals surface area contributed by atoms with Gasteiger partial charge in [-0.2, -0.15) is 5.10 Å². The highest BCUT2D eigenvalue weighted by atomic mass is 32.2. The molecule has 0 unspecified atom stereocenters. The fraction of sp³-hybridized carbons (Fsp3) is 0.700. The molecule has 0 amide bonds. The number of nitrogens with one attached hydrogen (secondary N) is 2. The van der Waals surface area contributed by atoms with Crippen molar-refractivity contribution in [3.8, 4) is 0 Å². The van der Waals surface area contributed by atoms with E-state index < -0.39 is 10.0 Å². The summed E-state index contributed by atoms with van der Waals surface area (Å²) < 4.78 is 35.8. The van der Waals surface area contributed by atoms with Crippen LogP contribution < -0.4 is 4.72 Å². The Bertz CT molecular complexity index is 405. The number of nitrogens with zero attached hydrogens (tertiary/aromatic N) is 1. The van der Waals surface area contributed by atoms with Gasteiger partial charge in [-0.05, 0) is 18.9 Å². The van der Waals surface area contributed by atoms with Gasteiger partial charge in [-0.3, -0.25) is 5.10 Å². The van der Waals surface area contributed by atoms with E-state index in [1.165, 1.54) is 12.3 Å². The molecule has 0 aliphatic carbocycles. The molecule has 1 aromatic rings. The highest BCUT2D eigenvalue weighted by Crippen LogP contribution is 2.02. The van der Waals surface area contributed by atoms with Gasteiger partial charge in [0.1, 0.15) is 0 Å². The van der Waals surface area contributed by atoms with Gasteiger partial charge < -0.3 is 9.47 Å². The molecule has 0 saturated heterocycles. The summed E-state index contributed by atoms with van der Waals surface area (Å²) in [6.07, 6.45) is 2.92. The van der Waals surface area contributed by atoms with Crippen LogP contribution in [-0.4, -0.2) is 52.1 Å². The van der Waals surface area contributed by atoms with E-state index in [-0.39, 0.29) is 5.03 Å². The van der Waals surface area contributed by atoms with Gasteiger partial charge in [0, 0.05) is 20.3 Å². The van der Waals surface area contributed by atoms with Crippen LogP contribution in [0.15, 0.2) is 17.3 Å². The second-order valence-electron chi connectivity index (χ2n) is 3.63. The standard InChI is InChI=1S/C10H19N3O4S/c1-16-8-9-17-7-3-2-5-12-18(14,15)10-4-6-11-13-10/h4,6,12H,2-3,5,7-9H2,1H3,(H,11,13). The van der Waals surface area contributed by atoms with E-state index in [0.29, 0.717) is 26.4 Å². The molecule has 0 radical (unpaired) electrons. The van der Waals surface area contributed by atoms with E-state index in [9.17, 15) is 8.42 Å². The van der Waals surface area contributed by atoms with Crippen LogP contribution in [0.3, 0.4) is 0 Å². The van der Waals surface area contributed by atoms with Crippen LogP contribution in [-0.2, 0) is 19.5 Å². The first kappa shape index (κ1) is 15.1. The molecule has 1 rings (SSSR count). The monoisotopic (exact) mass is 277 g/mol. The third-order valence-electron chi connectivity index (χ3n) is 2.20.